The van der Waals surface area contributed by atoms with E-state index in [2.05, 4.69) is 10.4 Å². The van der Waals surface area contributed by atoms with Crippen LogP contribution in [0.4, 0.5) is 20.3 Å². The van der Waals surface area contributed by atoms with E-state index in [0.29, 0.717) is 53.0 Å². The summed E-state index contributed by atoms with van der Waals surface area (Å²) < 4.78 is 42.2. The van der Waals surface area contributed by atoms with Gasteiger partial charge in [0, 0.05) is 60.1 Å². The Labute approximate surface area is 175 Å². The molecule has 0 atom stereocenters. The lowest BCUT2D eigenvalue weighted by Crippen LogP contribution is -2.38. The van der Waals surface area contributed by atoms with Gasteiger partial charge in [-0.05, 0) is 24.3 Å². The Balaban J connectivity index is 1.73. The van der Waals surface area contributed by atoms with Gasteiger partial charge in [0.2, 0.25) is 0 Å². The largest absolute Gasteiger partial charge is 0.372 e. The normalized spacial score (nSPS) is 14.5. The van der Waals surface area contributed by atoms with E-state index >= 15 is 0 Å². The number of rotatable bonds is 4. The smallest absolute Gasteiger partial charge is 0.148 e. The Bertz CT molecular complexity index is 1160. The number of hydrogen-bond acceptors (Lipinski definition) is 5. The topological polar surface area (TPSA) is 74.0 Å². The molecule has 0 spiro atoms. The van der Waals surface area contributed by atoms with Crippen LogP contribution >= 0.6 is 0 Å². The van der Waals surface area contributed by atoms with Crippen LogP contribution in [-0.4, -0.2) is 45.6 Å². The molecule has 1 N–H and O–H groups in total. The summed E-state index contributed by atoms with van der Waals surface area (Å²) in [6.45, 7) is 1.09. The van der Waals surface area contributed by atoms with Crippen LogP contribution < -0.4 is 10.2 Å². The molecule has 0 aliphatic carbocycles. The Morgan fingerprint density at radius 1 is 1.10 bits per heavy atom. The highest BCUT2D eigenvalue weighted by Gasteiger charge is 2.20. The van der Waals surface area contributed by atoms with E-state index < -0.39 is 22.4 Å². The minimum absolute atomic E-state index is 0.0449. The fraction of sp³-hybridized carbons (Fsp3) is 0.238. The zero-order valence-corrected chi connectivity index (χ0v) is 17.0. The Morgan fingerprint density at radius 3 is 2.50 bits per heavy atom. The van der Waals surface area contributed by atoms with Crippen molar-refractivity contribution in [3.8, 4) is 23.0 Å². The molecule has 3 aromatic rings. The van der Waals surface area contributed by atoms with Crippen molar-refractivity contribution in [1.82, 2.24) is 9.78 Å². The van der Waals surface area contributed by atoms with E-state index in [4.69, 9.17) is 5.26 Å². The molecule has 0 unspecified atom stereocenters. The lowest BCUT2D eigenvalue weighted by molar-refractivity contribution is 0.615. The van der Waals surface area contributed by atoms with Crippen molar-refractivity contribution in [1.29, 1.82) is 5.26 Å². The highest BCUT2D eigenvalue weighted by molar-refractivity contribution is 7.85. The Kier molecular flexibility index (Phi) is 5.50. The summed E-state index contributed by atoms with van der Waals surface area (Å²) in [6, 6.07) is 12.7. The van der Waals surface area contributed by atoms with Crippen molar-refractivity contribution in [3.63, 3.8) is 0 Å². The Morgan fingerprint density at radius 2 is 1.87 bits per heavy atom. The highest BCUT2D eigenvalue weighted by atomic mass is 32.2. The van der Waals surface area contributed by atoms with Crippen molar-refractivity contribution in [2.24, 2.45) is 0 Å². The third kappa shape index (κ3) is 3.78. The van der Waals surface area contributed by atoms with E-state index in [1.807, 2.05) is 4.90 Å². The van der Waals surface area contributed by atoms with Gasteiger partial charge in [-0.2, -0.15) is 5.26 Å². The van der Waals surface area contributed by atoms with Crippen LogP contribution in [0.25, 0.3) is 16.9 Å². The first-order chi connectivity index (χ1) is 14.5. The number of nitrogens with zero attached hydrogens (tertiary/aromatic N) is 4. The summed E-state index contributed by atoms with van der Waals surface area (Å²) in [5, 5.41) is 16.3. The van der Waals surface area contributed by atoms with Crippen molar-refractivity contribution < 1.29 is 13.0 Å². The van der Waals surface area contributed by atoms with Gasteiger partial charge in [-0.25, -0.2) is 13.5 Å². The van der Waals surface area contributed by atoms with Crippen molar-refractivity contribution >= 4 is 22.3 Å². The molecule has 0 bridgehead atoms. The van der Waals surface area contributed by atoms with Crippen LogP contribution in [0.1, 0.15) is 5.56 Å². The van der Waals surface area contributed by atoms with E-state index in [9.17, 15) is 13.0 Å². The zero-order chi connectivity index (χ0) is 21.3. The third-order valence-corrected chi connectivity index (χ3v) is 6.32. The highest BCUT2D eigenvalue weighted by Crippen LogP contribution is 2.30. The second-order valence-corrected chi connectivity index (χ2v) is 8.55. The van der Waals surface area contributed by atoms with E-state index in [-0.39, 0.29) is 5.56 Å². The fourth-order valence-corrected chi connectivity index (χ4v) is 4.49. The molecular formula is C21H19F2N5OS. The first-order valence-corrected chi connectivity index (χ1v) is 10.9. The maximum absolute atomic E-state index is 14.9. The zero-order valence-electron chi connectivity index (χ0n) is 16.2. The molecule has 1 aliphatic heterocycles. The van der Waals surface area contributed by atoms with Gasteiger partial charge in [-0.3, -0.25) is 4.21 Å². The van der Waals surface area contributed by atoms with Gasteiger partial charge < -0.3 is 10.2 Å². The number of benzene rings is 2. The monoisotopic (exact) mass is 427 g/mol. The van der Waals surface area contributed by atoms with E-state index in [1.54, 1.807) is 37.4 Å². The van der Waals surface area contributed by atoms with Gasteiger partial charge in [-0.1, -0.05) is 6.07 Å². The number of anilines is 2. The average molecular weight is 427 g/mol. The molecule has 6 nitrogen and oxygen atoms in total. The standard InChI is InChI=1S/C21H19F2N5OS/c1-25-21-12-20(14-2-3-15(13-24)17(22)10-14)28(26-21)16-4-5-19(18(23)11-16)27-6-8-30(29)9-7-27/h2-5,10-12H,6-9H2,1H3,(H,25,26). The number of halogens is 2. The SMILES string of the molecule is CNc1cc(-c2ccc(C#N)c(F)c2)n(-c2ccc(N3CCS(=O)CC3)c(F)c2)n1. The molecule has 1 aromatic heterocycles. The second kappa shape index (κ2) is 8.24. The molecule has 1 aliphatic rings. The summed E-state index contributed by atoms with van der Waals surface area (Å²) in [7, 11) is 0.870. The van der Waals surface area contributed by atoms with Crippen LogP contribution in [-0.2, 0) is 10.8 Å². The Hall–Kier alpha value is -3.25. The molecular weight excluding hydrogens is 408 g/mol. The predicted octanol–water partition coefficient (Wildman–Crippen LogP) is 3.30. The minimum Gasteiger partial charge on any atom is -0.372 e. The summed E-state index contributed by atoms with van der Waals surface area (Å²) in [6.07, 6.45) is 0. The number of nitriles is 1. The molecule has 2 aromatic carbocycles. The van der Waals surface area contributed by atoms with Gasteiger partial charge >= 0.3 is 0 Å². The van der Waals surface area contributed by atoms with Crippen LogP contribution in [0.3, 0.4) is 0 Å². The van der Waals surface area contributed by atoms with Crippen molar-refractivity contribution in [3.05, 3.63) is 59.7 Å². The molecule has 0 amide bonds. The molecule has 0 radical (unpaired) electrons. The third-order valence-electron chi connectivity index (χ3n) is 5.05. The first-order valence-electron chi connectivity index (χ1n) is 9.38. The maximum atomic E-state index is 14.9. The van der Waals surface area contributed by atoms with E-state index in [1.165, 1.54) is 22.9 Å². The molecule has 2 heterocycles. The minimum atomic E-state index is -0.838. The number of nitrogens with one attached hydrogen (secondary N) is 1. The van der Waals surface area contributed by atoms with Crippen LogP contribution in [0.2, 0.25) is 0 Å². The van der Waals surface area contributed by atoms with Crippen molar-refractivity contribution in [2.45, 2.75) is 0 Å². The summed E-state index contributed by atoms with van der Waals surface area (Å²) in [4.78, 5) is 1.89. The van der Waals surface area contributed by atoms with Gasteiger partial charge in [0.1, 0.15) is 23.5 Å². The maximum Gasteiger partial charge on any atom is 0.148 e. The summed E-state index contributed by atoms with van der Waals surface area (Å²) in [5.74, 6) is 0.565. The molecule has 1 saturated heterocycles. The van der Waals surface area contributed by atoms with Gasteiger partial charge in [-0.15, -0.1) is 5.10 Å². The molecule has 0 saturated carbocycles. The fourth-order valence-electron chi connectivity index (χ4n) is 3.43. The molecule has 1 fully saturated rings. The molecule has 9 heteroatoms. The van der Waals surface area contributed by atoms with Crippen LogP contribution in [0.15, 0.2) is 42.5 Å². The number of hydrogen-bond donors (Lipinski definition) is 1. The first kappa shape index (κ1) is 20.0. The lowest BCUT2D eigenvalue weighted by atomic mass is 10.1. The second-order valence-electron chi connectivity index (χ2n) is 6.85. The van der Waals surface area contributed by atoms with Gasteiger partial charge in [0.25, 0.3) is 0 Å². The van der Waals surface area contributed by atoms with Crippen LogP contribution in [0.5, 0.6) is 0 Å². The molecule has 30 heavy (non-hydrogen) atoms. The summed E-state index contributed by atoms with van der Waals surface area (Å²) >= 11 is 0. The average Bonchev–Trinajstić information content (AvgIpc) is 3.19. The number of aromatic nitrogens is 2. The lowest BCUT2D eigenvalue weighted by Gasteiger charge is -2.28. The van der Waals surface area contributed by atoms with E-state index in [0.717, 1.165) is 0 Å². The summed E-state index contributed by atoms with van der Waals surface area (Å²) in [5.41, 5.74) is 1.98. The molecule has 154 valence electrons. The van der Waals surface area contributed by atoms with Gasteiger partial charge in [0.15, 0.2) is 0 Å². The van der Waals surface area contributed by atoms with Gasteiger partial charge in [0.05, 0.1) is 22.6 Å². The molecule has 4 rings (SSSR count). The quantitative estimate of drug-likeness (QED) is 0.692. The predicted molar refractivity (Wildman–Crippen MR) is 113 cm³/mol. The van der Waals surface area contributed by atoms with Crippen LogP contribution in [0, 0.1) is 23.0 Å². The van der Waals surface area contributed by atoms with Crippen molar-refractivity contribution in [2.75, 3.05) is 41.9 Å².